The Kier molecular flexibility index (Phi) is 5.23. The van der Waals surface area contributed by atoms with Gasteiger partial charge < -0.3 is 10.7 Å². The lowest BCUT2D eigenvalue weighted by Gasteiger charge is -2.11. The molecular formula is C14H16ClN3OS. The Hall–Kier alpha value is -1.30. The van der Waals surface area contributed by atoms with Crippen molar-refractivity contribution in [2.45, 2.75) is 35.9 Å². The molecule has 0 aliphatic heterocycles. The standard InChI is InChI=1S/C14H16ClN3OS/c1-2-10(16)7-9-3-4-11(8-12(9)15)20-14-17-6-5-13(19)18-14/h3-6,8,10H,2,7,16H2,1H3,(H,17,18,19). The third-order valence-electron chi connectivity index (χ3n) is 2.89. The largest absolute Gasteiger partial charge is 0.327 e. The maximum absolute atomic E-state index is 11.2. The lowest BCUT2D eigenvalue weighted by molar-refractivity contribution is 0.646. The molecule has 0 amide bonds. The van der Waals surface area contributed by atoms with Crippen LogP contribution in [0.4, 0.5) is 0 Å². The molecule has 0 fully saturated rings. The number of hydrogen-bond acceptors (Lipinski definition) is 4. The summed E-state index contributed by atoms with van der Waals surface area (Å²) in [4.78, 5) is 18.9. The summed E-state index contributed by atoms with van der Waals surface area (Å²) in [5.41, 5.74) is 6.81. The van der Waals surface area contributed by atoms with Crippen LogP contribution in [0.1, 0.15) is 18.9 Å². The lowest BCUT2D eigenvalue weighted by Crippen LogP contribution is -2.21. The van der Waals surface area contributed by atoms with Gasteiger partial charge in [0.1, 0.15) is 0 Å². The molecule has 20 heavy (non-hydrogen) atoms. The monoisotopic (exact) mass is 309 g/mol. The van der Waals surface area contributed by atoms with Crippen LogP contribution in [0.25, 0.3) is 0 Å². The zero-order valence-electron chi connectivity index (χ0n) is 11.1. The number of nitrogens with one attached hydrogen (secondary N) is 1. The Morgan fingerprint density at radius 2 is 2.25 bits per heavy atom. The molecule has 2 rings (SSSR count). The molecule has 1 aromatic carbocycles. The molecule has 1 atom stereocenters. The van der Waals surface area contributed by atoms with Gasteiger partial charge in [-0.25, -0.2) is 4.98 Å². The first-order valence-corrected chi connectivity index (χ1v) is 7.55. The molecule has 1 aromatic heterocycles. The third-order valence-corrected chi connectivity index (χ3v) is 4.14. The predicted octanol–water partition coefficient (Wildman–Crippen LogP) is 2.85. The molecule has 4 nitrogen and oxygen atoms in total. The summed E-state index contributed by atoms with van der Waals surface area (Å²) >= 11 is 7.63. The van der Waals surface area contributed by atoms with Crippen molar-refractivity contribution < 1.29 is 0 Å². The number of nitrogens with zero attached hydrogens (tertiary/aromatic N) is 1. The number of aromatic nitrogens is 2. The molecule has 1 unspecified atom stereocenters. The van der Waals surface area contributed by atoms with Gasteiger partial charge in [-0.15, -0.1) is 0 Å². The van der Waals surface area contributed by atoms with Crippen molar-refractivity contribution in [2.75, 3.05) is 0 Å². The second-order valence-electron chi connectivity index (χ2n) is 4.47. The highest BCUT2D eigenvalue weighted by Gasteiger charge is 2.08. The first-order chi connectivity index (χ1) is 9.58. The van der Waals surface area contributed by atoms with Gasteiger partial charge in [-0.2, -0.15) is 0 Å². The van der Waals surface area contributed by atoms with Crippen molar-refractivity contribution in [3.05, 3.63) is 51.4 Å². The molecule has 3 N–H and O–H groups in total. The van der Waals surface area contributed by atoms with E-state index < -0.39 is 0 Å². The van der Waals surface area contributed by atoms with Gasteiger partial charge in [-0.05, 0) is 30.5 Å². The van der Waals surface area contributed by atoms with Crippen LogP contribution >= 0.6 is 23.4 Å². The topological polar surface area (TPSA) is 71.8 Å². The van der Waals surface area contributed by atoms with Gasteiger partial charge in [-0.1, -0.05) is 36.4 Å². The number of halogens is 1. The molecule has 0 saturated heterocycles. The number of rotatable bonds is 5. The van der Waals surface area contributed by atoms with Gasteiger partial charge in [-0.3, -0.25) is 4.79 Å². The molecule has 0 radical (unpaired) electrons. The van der Waals surface area contributed by atoms with Crippen LogP contribution in [0.2, 0.25) is 5.02 Å². The summed E-state index contributed by atoms with van der Waals surface area (Å²) in [6.45, 7) is 2.06. The SMILES string of the molecule is CCC(N)Cc1ccc(Sc2nccc(=O)[nH]2)cc1Cl. The quantitative estimate of drug-likeness (QED) is 0.833. The molecule has 0 saturated carbocycles. The number of benzene rings is 1. The number of aromatic amines is 1. The Labute approximate surface area is 126 Å². The van der Waals surface area contributed by atoms with Crippen molar-refractivity contribution in [3.8, 4) is 0 Å². The van der Waals surface area contributed by atoms with Crippen LogP contribution in [-0.4, -0.2) is 16.0 Å². The van der Waals surface area contributed by atoms with E-state index in [2.05, 4.69) is 16.9 Å². The molecule has 0 bridgehead atoms. The Bertz CT molecular complexity index is 644. The van der Waals surface area contributed by atoms with E-state index in [0.717, 1.165) is 23.3 Å². The molecular weight excluding hydrogens is 294 g/mol. The van der Waals surface area contributed by atoms with E-state index >= 15 is 0 Å². The van der Waals surface area contributed by atoms with E-state index in [1.807, 2.05) is 18.2 Å². The Morgan fingerprint density at radius 1 is 1.45 bits per heavy atom. The van der Waals surface area contributed by atoms with Crippen LogP contribution in [0.5, 0.6) is 0 Å². The zero-order valence-corrected chi connectivity index (χ0v) is 12.7. The van der Waals surface area contributed by atoms with Gasteiger partial charge in [0.2, 0.25) is 0 Å². The summed E-state index contributed by atoms with van der Waals surface area (Å²) in [6.07, 6.45) is 3.17. The highest BCUT2D eigenvalue weighted by molar-refractivity contribution is 7.99. The van der Waals surface area contributed by atoms with Gasteiger partial charge >= 0.3 is 0 Å². The molecule has 106 valence electrons. The maximum atomic E-state index is 11.2. The van der Waals surface area contributed by atoms with Crippen molar-refractivity contribution in [3.63, 3.8) is 0 Å². The van der Waals surface area contributed by atoms with Crippen molar-refractivity contribution in [2.24, 2.45) is 5.73 Å². The molecule has 0 aliphatic carbocycles. The molecule has 0 spiro atoms. The zero-order chi connectivity index (χ0) is 14.5. The Morgan fingerprint density at radius 3 is 2.90 bits per heavy atom. The van der Waals surface area contributed by atoms with Gasteiger partial charge in [0.15, 0.2) is 5.16 Å². The highest BCUT2D eigenvalue weighted by Crippen LogP contribution is 2.28. The van der Waals surface area contributed by atoms with E-state index in [1.54, 1.807) is 0 Å². The second kappa shape index (κ2) is 6.92. The van der Waals surface area contributed by atoms with Crippen molar-refractivity contribution in [1.29, 1.82) is 0 Å². The van der Waals surface area contributed by atoms with Gasteiger partial charge in [0, 0.05) is 28.2 Å². The minimum atomic E-state index is -0.167. The summed E-state index contributed by atoms with van der Waals surface area (Å²) < 4.78 is 0. The lowest BCUT2D eigenvalue weighted by atomic mass is 10.1. The molecule has 6 heteroatoms. The molecule has 0 aliphatic rings. The smallest absolute Gasteiger partial charge is 0.251 e. The summed E-state index contributed by atoms with van der Waals surface area (Å²) in [5, 5.41) is 1.24. The van der Waals surface area contributed by atoms with Crippen LogP contribution < -0.4 is 11.3 Å². The van der Waals surface area contributed by atoms with E-state index in [9.17, 15) is 4.79 Å². The van der Waals surface area contributed by atoms with Crippen LogP contribution in [0.3, 0.4) is 0 Å². The fourth-order valence-electron chi connectivity index (χ4n) is 1.70. The first-order valence-electron chi connectivity index (χ1n) is 6.35. The second-order valence-corrected chi connectivity index (χ2v) is 5.94. The van der Waals surface area contributed by atoms with E-state index in [1.165, 1.54) is 24.0 Å². The normalized spacial score (nSPS) is 12.3. The fraction of sp³-hybridized carbons (Fsp3) is 0.286. The highest BCUT2D eigenvalue weighted by atomic mass is 35.5. The summed E-state index contributed by atoms with van der Waals surface area (Å²) in [6, 6.07) is 7.31. The maximum Gasteiger partial charge on any atom is 0.251 e. The predicted molar refractivity (Wildman–Crippen MR) is 82.4 cm³/mol. The third kappa shape index (κ3) is 4.10. The van der Waals surface area contributed by atoms with Crippen LogP contribution in [0, 0.1) is 0 Å². The van der Waals surface area contributed by atoms with E-state index in [0.29, 0.717) is 10.2 Å². The fourth-order valence-corrected chi connectivity index (χ4v) is 2.82. The summed E-state index contributed by atoms with van der Waals surface area (Å²) in [7, 11) is 0. The summed E-state index contributed by atoms with van der Waals surface area (Å²) in [5.74, 6) is 0. The van der Waals surface area contributed by atoms with Crippen molar-refractivity contribution in [1.82, 2.24) is 9.97 Å². The van der Waals surface area contributed by atoms with Gasteiger partial charge in [0.25, 0.3) is 5.56 Å². The van der Waals surface area contributed by atoms with E-state index in [-0.39, 0.29) is 11.6 Å². The van der Waals surface area contributed by atoms with Crippen LogP contribution in [0.15, 0.2) is 45.3 Å². The number of hydrogen-bond donors (Lipinski definition) is 2. The van der Waals surface area contributed by atoms with Crippen molar-refractivity contribution >= 4 is 23.4 Å². The minimum Gasteiger partial charge on any atom is -0.327 e. The van der Waals surface area contributed by atoms with Crippen LogP contribution in [-0.2, 0) is 6.42 Å². The average molecular weight is 310 g/mol. The molecule has 1 heterocycles. The minimum absolute atomic E-state index is 0.123. The Balaban J connectivity index is 2.14. The number of nitrogens with two attached hydrogens (primary N) is 1. The molecule has 2 aromatic rings. The number of H-pyrrole nitrogens is 1. The average Bonchev–Trinajstić information content (AvgIpc) is 2.41. The van der Waals surface area contributed by atoms with Gasteiger partial charge in [0.05, 0.1) is 0 Å². The van der Waals surface area contributed by atoms with E-state index in [4.69, 9.17) is 17.3 Å². The first kappa shape index (κ1) is 15.1.